The maximum Gasteiger partial charge on any atom is 0.354 e. The van der Waals surface area contributed by atoms with Crippen LogP contribution in [0.3, 0.4) is 0 Å². The minimum atomic E-state index is -0.513. The third-order valence-corrected chi connectivity index (χ3v) is 10.0. The van der Waals surface area contributed by atoms with Gasteiger partial charge in [0.05, 0.1) is 16.4 Å². The predicted octanol–water partition coefficient (Wildman–Crippen LogP) is 7.72. The summed E-state index contributed by atoms with van der Waals surface area (Å²) >= 11 is 7.70. The van der Waals surface area contributed by atoms with Crippen LogP contribution in [-0.4, -0.2) is 49.0 Å². The second-order valence-electron chi connectivity index (χ2n) is 12.6. The lowest BCUT2D eigenvalue weighted by atomic mass is 9.99. The standard InChI is InChI=1S/C36H45ClFN7OS/c1-3-4-17-44-27(16-18-47-35(40)41)10-5-6-11-32(44)25-12-14-28(15-13-25)45-22-26-21-31(42-34(26)43-36(45)46)29-19-24(9-7-8-23(2)39)20-30(37)33(29)38/h3,12-15,19-23,27,32H,1,4-11,16-18,39H2,2H3,(H3,40,41)(H,42,43,46)/t23-,27-,32-/m0/s1. The van der Waals surface area contributed by atoms with Crippen molar-refractivity contribution in [2.24, 2.45) is 11.5 Å². The largest absolute Gasteiger partial charge is 0.379 e. The van der Waals surface area contributed by atoms with Crippen molar-refractivity contribution in [3.63, 3.8) is 0 Å². The first-order valence-corrected chi connectivity index (χ1v) is 17.8. The summed E-state index contributed by atoms with van der Waals surface area (Å²) < 4.78 is 16.7. The molecule has 1 aliphatic heterocycles. The fraction of sp³-hybridized carbons (Fsp3) is 0.417. The minimum absolute atomic E-state index is 0.0579. The maximum atomic E-state index is 15.2. The van der Waals surface area contributed by atoms with Gasteiger partial charge in [0.25, 0.3) is 0 Å². The molecular formula is C36H45ClFN7OS. The molecule has 3 heterocycles. The molecule has 11 heteroatoms. The van der Waals surface area contributed by atoms with Crippen LogP contribution < -0.4 is 17.2 Å². The Morgan fingerprint density at radius 1 is 1.26 bits per heavy atom. The zero-order chi connectivity index (χ0) is 33.5. The molecule has 0 bridgehead atoms. The number of fused-ring (bicyclic) bond motifs is 1. The predicted molar refractivity (Wildman–Crippen MR) is 194 cm³/mol. The first kappa shape index (κ1) is 34.9. The van der Waals surface area contributed by atoms with Gasteiger partial charge in [-0.25, -0.2) is 9.18 Å². The summed E-state index contributed by atoms with van der Waals surface area (Å²) in [5.41, 5.74) is 15.2. The molecule has 5 rings (SSSR count). The van der Waals surface area contributed by atoms with Gasteiger partial charge in [-0.05, 0) is 93.3 Å². The van der Waals surface area contributed by atoms with Crippen LogP contribution in [0.2, 0.25) is 5.02 Å². The Balaban J connectivity index is 1.40. The molecule has 1 fully saturated rings. The molecule has 0 amide bonds. The topological polar surface area (TPSA) is 130 Å². The second kappa shape index (κ2) is 16.1. The Kier molecular flexibility index (Phi) is 12.0. The Morgan fingerprint density at radius 3 is 2.74 bits per heavy atom. The van der Waals surface area contributed by atoms with Gasteiger partial charge >= 0.3 is 5.69 Å². The van der Waals surface area contributed by atoms with E-state index in [2.05, 4.69) is 33.6 Å². The van der Waals surface area contributed by atoms with Gasteiger partial charge in [0, 0.05) is 47.6 Å². The number of nitrogens with zero attached hydrogens (tertiary/aromatic N) is 3. The molecule has 3 atom stereocenters. The van der Waals surface area contributed by atoms with Crippen LogP contribution in [-0.2, 0) is 6.42 Å². The second-order valence-corrected chi connectivity index (χ2v) is 14.1. The van der Waals surface area contributed by atoms with E-state index in [0.717, 1.165) is 69.2 Å². The lowest BCUT2D eigenvalue weighted by Crippen LogP contribution is -2.38. The van der Waals surface area contributed by atoms with E-state index >= 15 is 4.39 Å². The minimum Gasteiger partial charge on any atom is -0.379 e. The lowest BCUT2D eigenvalue weighted by molar-refractivity contribution is 0.134. The van der Waals surface area contributed by atoms with Crippen molar-refractivity contribution in [3.8, 4) is 16.9 Å². The molecule has 8 nitrogen and oxygen atoms in total. The number of nitrogens with two attached hydrogens (primary N) is 2. The molecule has 0 spiro atoms. The fourth-order valence-electron chi connectivity index (χ4n) is 6.65. The molecule has 1 aliphatic rings. The average molecular weight is 678 g/mol. The van der Waals surface area contributed by atoms with Gasteiger partial charge in [-0.3, -0.25) is 14.9 Å². The summed E-state index contributed by atoms with van der Waals surface area (Å²) in [6.07, 6.45) is 12.6. The summed E-state index contributed by atoms with van der Waals surface area (Å²) in [6.45, 7) is 6.84. The van der Waals surface area contributed by atoms with Crippen molar-refractivity contribution < 1.29 is 4.39 Å². The van der Waals surface area contributed by atoms with E-state index in [-0.39, 0.29) is 22.3 Å². The number of hydrogen-bond donors (Lipinski definition) is 4. The van der Waals surface area contributed by atoms with Crippen molar-refractivity contribution in [3.05, 3.63) is 93.8 Å². The number of halogens is 2. The molecule has 6 N–H and O–H groups in total. The molecule has 0 aliphatic carbocycles. The molecule has 0 unspecified atom stereocenters. The third kappa shape index (κ3) is 8.73. The van der Waals surface area contributed by atoms with Crippen molar-refractivity contribution >= 4 is 39.6 Å². The van der Waals surface area contributed by atoms with E-state index in [0.29, 0.717) is 34.0 Å². The molecule has 2 aromatic carbocycles. The van der Waals surface area contributed by atoms with Crippen molar-refractivity contribution in [1.29, 1.82) is 5.41 Å². The number of aromatic nitrogens is 3. The van der Waals surface area contributed by atoms with E-state index in [4.69, 9.17) is 28.5 Å². The van der Waals surface area contributed by atoms with Crippen molar-refractivity contribution in [2.75, 3.05) is 12.3 Å². The number of nitrogens with one attached hydrogen (secondary N) is 2. The summed E-state index contributed by atoms with van der Waals surface area (Å²) in [7, 11) is 0. The van der Waals surface area contributed by atoms with Gasteiger partial charge in [-0.15, -0.1) is 6.58 Å². The van der Waals surface area contributed by atoms with Crippen LogP contribution in [0.15, 0.2) is 66.1 Å². The lowest BCUT2D eigenvalue weighted by Gasteiger charge is -2.37. The summed E-state index contributed by atoms with van der Waals surface area (Å²) in [6, 6.07) is 14.2. The van der Waals surface area contributed by atoms with Crippen LogP contribution in [0.5, 0.6) is 0 Å². The molecule has 0 saturated carbocycles. The van der Waals surface area contributed by atoms with Crippen LogP contribution >= 0.6 is 23.4 Å². The molecule has 2 aromatic heterocycles. The number of likely N-dealkylation sites (tertiary alicyclic amines) is 1. The number of H-pyrrole nitrogens is 1. The van der Waals surface area contributed by atoms with E-state index in [9.17, 15) is 4.79 Å². The van der Waals surface area contributed by atoms with Crippen LogP contribution in [0.1, 0.15) is 75.5 Å². The molecular weight excluding hydrogens is 633 g/mol. The first-order chi connectivity index (χ1) is 22.6. The summed E-state index contributed by atoms with van der Waals surface area (Å²) in [5, 5.41) is 8.51. The molecule has 47 heavy (non-hydrogen) atoms. The smallest absolute Gasteiger partial charge is 0.354 e. The Morgan fingerprint density at radius 2 is 2.02 bits per heavy atom. The number of benzene rings is 2. The Hall–Kier alpha value is -3.44. The normalized spacial score (nSPS) is 17.9. The van der Waals surface area contributed by atoms with E-state index < -0.39 is 11.5 Å². The van der Waals surface area contributed by atoms with Crippen LogP contribution in [0.25, 0.3) is 28.0 Å². The molecule has 1 saturated heterocycles. The van der Waals surface area contributed by atoms with E-state index in [1.165, 1.54) is 28.3 Å². The van der Waals surface area contributed by atoms with Crippen LogP contribution in [0.4, 0.5) is 4.39 Å². The van der Waals surface area contributed by atoms with Gasteiger partial charge in [0.2, 0.25) is 0 Å². The molecule has 4 aromatic rings. The monoisotopic (exact) mass is 677 g/mol. The van der Waals surface area contributed by atoms with Crippen molar-refractivity contribution in [1.82, 2.24) is 19.4 Å². The number of aryl methyl sites for hydroxylation is 1. The zero-order valence-corrected chi connectivity index (χ0v) is 28.6. The van der Waals surface area contributed by atoms with Gasteiger partial charge in [-0.1, -0.05) is 54.4 Å². The molecule has 250 valence electrons. The summed E-state index contributed by atoms with van der Waals surface area (Å²) in [5.74, 6) is 0.315. The van der Waals surface area contributed by atoms with Gasteiger partial charge in [0.15, 0.2) is 11.0 Å². The van der Waals surface area contributed by atoms with E-state index in [1.807, 2.05) is 25.1 Å². The maximum absolute atomic E-state index is 15.2. The Bertz CT molecular complexity index is 1750. The highest BCUT2D eigenvalue weighted by Gasteiger charge is 2.29. The van der Waals surface area contributed by atoms with Gasteiger partial charge < -0.3 is 16.5 Å². The molecule has 0 radical (unpaired) electrons. The fourth-order valence-corrected chi connectivity index (χ4v) is 7.50. The number of rotatable bonds is 13. The third-order valence-electron chi connectivity index (χ3n) is 9.00. The van der Waals surface area contributed by atoms with Gasteiger partial charge in [-0.2, -0.15) is 4.98 Å². The SMILES string of the molecule is C=CCCN1[C@H](CCSC(=N)N)CCCC[C@H]1c1ccc(-n2cc3cc(-c4cc(CCC[C@H](C)N)cc(Cl)c4F)[nH]c3nc2=O)cc1. The highest BCUT2D eigenvalue weighted by molar-refractivity contribution is 8.13. The first-order valence-electron chi connectivity index (χ1n) is 16.4. The number of aromatic amines is 1. The highest BCUT2D eigenvalue weighted by atomic mass is 35.5. The average Bonchev–Trinajstić information content (AvgIpc) is 3.34. The van der Waals surface area contributed by atoms with Crippen molar-refractivity contribution in [2.45, 2.75) is 82.8 Å². The Labute approximate surface area is 285 Å². The number of amidine groups is 1. The summed E-state index contributed by atoms with van der Waals surface area (Å²) in [4.78, 5) is 23.2. The van der Waals surface area contributed by atoms with E-state index in [1.54, 1.807) is 24.4 Å². The van der Waals surface area contributed by atoms with Crippen LogP contribution in [0, 0.1) is 11.2 Å². The highest BCUT2D eigenvalue weighted by Crippen LogP contribution is 2.36. The van der Waals surface area contributed by atoms with Gasteiger partial charge in [0.1, 0.15) is 5.65 Å². The zero-order valence-electron chi connectivity index (χ0n) is 27.0. The quantitative estimate of drug-likeness (QED) is 0.0651. The number of hydrogen-bond acceptors (Lipinski definition) is 6. The number of thioether (sulfide) groups is 1.